The third kappa shape index (κ3) is 35.9. The molecule has 0 fully saturated rings. The van der Waals surface area contributed by atoms with Gasteiger partial charge in [-0.1, -0.05) is 175 Å². The fraction of sp³-hybridized carbons (Fsp3) is 0.975. The van der Waals surface area contributed by atoms with Gasteiger partial charge in [-0.05, 0) is 51.6 Å². The standard InChI is InChI=1S/C40H81NO2/c1-4-7-10-13-16-18-21-26-32-39(42)33-31-37-41-36-29-24-19-17-20-25-30-38-43-40(34-27-22-14-11-8-5-2)35-28-23-15-12-9-6-3/h40-41H,4-38H2,1-3H3. The zero-order chi connectivity index (χ0) is 31.3. The van der Waals surface area contributed by atoms with Crippen molar-refractivity contribution in [3.63, 3.8) is 0 Å². The Bertz CT molecular complexity index is 507. The molecule has 0 radical (unpaired) electrons. The average molecular weight is 608 g/mol. The molecule has 0 bridgehead atoms. The van der Waals surface area contributed by atoms with Gasteiger partial charge in [0.25, 0.3) is 0 Å². The lowest BCUT2D eigenvalue weighted by atomic mass is 10.0. The predicted molar refractivity (Wildman–Crippen MR) is 192 cm³/mol. The van der Waals surface area contributed by atoms with Gasteiger partial charge in [0.05, 0.1) is 6.10 Å². The maximum atomic E-state index is 12.1. The summed E-state index contributed by atoms with van der Waals surface area (Å²) in [5.74, 6) is 0.476. The first-order valence-electron chi connectivity index (χ1n) is 20.1. The van der Waals surface area contributed by atoms with E-state index < -0.39 is 0 Å². The van der Waals surface area contributed by atoms with E-state index in [1.165, 1.54) is 180 Å². The van der Waals surface area contributed by atoms with E-state index in [-0.39, 0.29) is 0 Å². The lowest BCUT2D eigenvalue weighted by Gasteiger charge is -2.18. The molecular weight excluding hydrogens is 526 g/mol. The first kappa shape index (κ1) is 42.6. The normalized spacial score (nSPS) is 11.6. The molecule has 0 aromatic heterocycles. The van der Waals surface area contributed by atoms with Crippen LogP contribution in [0.2, 0.25) is 0 Å². The Balaban J connectivity index is 3.57. The highest BCUT2D eigenvalue weighted by molar-refractivity contribution is 5.78. The second kappa shape index (κ2) is 37.8. The topological polar surface area (TPSA) is 38.3 Å². The van der Waals surface area contributed by atoms with Crippen LogP contribution in [-0.4, -0.2) is 31.6 Å². The van der Waals surface area contributed by atoms with Gasteiger partial charge in [-0.3, -0.25) is 4.79 Å². The van der Waals surface area contributed by atoms with Crippen LogP contribution >= 0.6 is 0 Å². The molecule has 0 atom stereocenters. The number of nitrogens with one attached hydrogen (secondary N) is 1. The van der Waals surface area contributed by atoms with Crippen LogP contribution in [0.3, 0.4) is 0 Å². The number of carbonyl (C=O) groups is 1. The van der Waals surface area contributed by atoms with Crippen LogP contribution in [0.15, 0.2) is 0 Å². The summed E-state index contributed by atoms with van der Waals surface area (Å²) in [6.45, 7) is 9.96. The van der Waals surface area contributed by atoms with Gasteiger partial charge >= 0.3 is 0 Å². The maximum absolute atomic E-state index is 12.1. The molecule has 0 saturated carbocycles. The van der Waals surface area contributed by atoms with Crippen LogP contribution in [0, 0.1) is 0 Å². The molecule has 0 spiro atoms. The van der Waals surface area contributed by atoms with E-state index in [0.717, 1.165) is 45.4 Å². The largest absolute Gasteiger partial charge is 0.378 e. The van der Waals surface area contributed by atoms with E-state index in [1.54, 1.807) is 0 Å². The number of hydrogen-bond acceptors (Lipinski definition) is 3. The number of unbranched alkanes of at least 4 members (excludes halogenated alkanes) is 23. The molecule has 3 heteroatoms. The highest BCUT2D eigenvalue weighted by Gasteiger charge is 2.09. The molecule has 0 aromatic rings. The SMILES string of the molecule is CCCCCCCCCCC(=O)CCCNCCCCCCCCCOC(CCCCCCCC)CCCCCCCC. The van der Waals surface area contributed by atoms with Crippen molar-refractivity contribution in [1.82, 2.24) is 5.32 Å². The second-order valence-corrected chi connectivity index (χ2v) is 13.7. The van der Waals surface area contributed by atoms with Gasteiger partial charge in [-0.25, -0.2) is 0 Å². The molecule has 1 N–H and O–H groups in total. The Labute approximate surface area is 272 Å². The highest BCUT2D eigenvalue weighted by Crippen LogP contribution is 2.18. The number of ether oxygens (including phenoxy) is 1. The Kier molecular flexibility index (Phi) is 37.4. The summed E-state index contributed by atoms with van der Waals surface area (Å²) in [6, 6.07) is 0. The Morgan fingerprint density at radius 1 is 0.442 bits per heavy atom. The third-order valence-corrected chi connectivity index (χ3v) is 9.23. The monoisotopic (exact) mass is 608 g/mol. The van der Waals surface area contributed by atoms with Crippen LogP contribution in [0.25, 0.3) is 0 Å². The van der Waals surface area contributed by atoms with Gasteiger partial charge in [0.1, 0.15) is 5.78 Å². The average Bonchev–Trinajstić information content (AvgIpc) is 3.01. The Morgan fingerprint density at radius 2 is 0.814 bits per heavy atom. The van der Waals surface area contributed by atoms with Crippen molar-refractivity contribution in [2.24, 2.45) is 0 Å². The van der Waals surface area contributed by atoms with Gasteiger partial charge in [0.15, 0.2) is 0 Å². The third-order valence-electron chi connectivity index (χ3n) is 9.23. The molecule has 0 amide bonds. The molecule has 258 valence electrons. The van der Waals surface area contributed by atoms with Crippen molar-refractivity contribution in [3.05, 3.63) is 0 Å². The van der Waals surface area contributed by atoms with Gasteiger partial charge in [0.2, 0.25) is 0 Å². The summed E-state index contributed by atoms with van der Waals surface area (Å²) >= 11 is 0. The number of hydrogen-bond donors (Lipinski definition) is 1. The zero-order valence-electron chi connectivity index (χ0n) is 30.1. The van der Waals surface area contributed by atoms with Crippen molar-refractivity contribution in [2.45, 2.75) is 232 Å². The van der Waals surface area contributed by atoms with Crippen LogP contribution in [-0.2, 0) is 9.53 Å². The summed E-state index contributed by atoms with van der Waals surface area (Å²) < 4.78 is 6.42. The highest BCUT2D eigenvalue weighted by atomic mass is 16.5. The van der Waals surface area contributed by atoms with Crippen LogP contribution in [0.4, 0.5) is 0 Å². The van der Waals surface area contributed by atoms with Crippen LogP contribution in [0.5, 0.6) is 0 Å². The van der Waals surface area contributed by atoms with Crippen molar-refractivity contribution < 1.29 is 9.53 Å². The van der Waals surface area contributed by atoms with Crippen LogP contribution in [0.1, 0.15) is 226 Å². The molecule has 0 heterocycles. The summed E-state index contributed by atoms with van der Waals surface area (Å²) in [6.07, 6.45) is 42.0. The Morgan fingerprint density at radius 3 is 1.33 bits per heavy atom. The Hall–Kier alpha value is -0.410. The van der Waals surface area contributed by atoms with Crippen LogP contribution < -0.4 is 5.32 Å². The summed E-state index contributed by atoms with van der Waals surface area (Å²) in [7, 11) is 0. The van der Waals surface area contributed by atoms with E-state index in [4.69, 9.17) is 4.74 Å². The summed E-state index contributed by atoms with van der Waals surface area (Å²) in [4.78, 5) is 12.1. The smallest absolute Gasteiger partial charge is 0.132 e. The minimum Gasteiger partial charge on any atom is -0.378 e. The molecule has 0 aliphatic heterocycles. The minimum absolute atomic E-state index is 0.476. The zero-order valence-corrected chi connectivity index (χ0v) is 30.1. The molecule has 0 unspecified atom stereocenters. The van der Waals surface area contributed by atoms with Crippen molar-refractivity contribution in [2.75, 3.05) is 19.7 Å². The molecule has 3 nitrogen and oxygen atoms in total. The van der Waals surface area contributed by atoms with E-state index in [9.17, 15) is 4.79 Å². The van der Waals surface area contributed by atoms with E-state index in [1.807, 2.05) is 0 Å². The minimum atomic E-state index is 0.476. The molecule has 0 aliphatic carbocycles. The van der Waals surface area contributed by atoms with Gasteiger partial charge in [0, 0.05) is 19.4 Å². The van der Waals surface area contributed by atoms with Gasteiger partial charge in [-0.15, -0.1) is 0 Å². The number of rotatable bonds is 38. The summed E-state index contributed by atoms with van der Waals surface area (Å²) in [5.41, 5.74) is 0. The van der Waals surface area contributed by atoms with E-state index in [2.05, 4.69) is 26.1 Å². The first-order chi connectivity index (χ1) is 21.2. The maximum Gasteiger partial charge on any atom is 0.132 e. The second-order valence-electron chi connectivity index (χ2n) is 13.7. The molecule has 0 rings (SSSR count). The van der Waals surface area contributed by atoms with Crippen molar-refractivity contribution in [3.8, 4) is 0 Å². The molecule has 0 aromatic carbocycles. The quantitative estimate of drug-likeness (QED) is 0.0709. The molecular formula is C40H81NO2. The lowest BCUT2D eigenvalue weighted by molar-refractivity contribution is -0.119. The fourth-order valence-corrected chi connectivity index (χ4v) is 6.22. The first-order valence-corrected chi connectivity index (χ1v) is 20.1. The number of carbonyl (C=O) groups excluding carboxylic acids is 1. The number of ketones is 1. The number of Topliss-reactive ketones (excluding diaryl/α,β-unsaturated/α-hetero) is 1. The fourth-order valence-electron chi connectivity index (χ4n) is 6.22. The van der Waals surface area contributed by atoms with E-state index >= 15 is 0 Å². The van der Waals surface area contributed by atoms with Crippen molar-refractivity contribution in [1.29, 1.82) is 0 Å². The predicted octanol–water partition coefficient (Wildman–Crippen LogP) is 13.1. The molecule has 0 aliphatic rings. The van der Waals surface area contributed by atoms with Crippen molar-refractivity contribution >= 4 is 5.78 Å². The summed E-state index contributed by atoms with van der Waals surface area (Å²) in [5, 5.41) is 3.56. The van der Waals surface area contributed by atoms with E-state index in [0.29, 0.717) is 11.9 Å². The molecule has 0 saturated heterocycles. The molecule has 43 heavy (non-hydrogen) atoms. The lowest BCUT2D eigenvalue weighted by Crippen LogP contribution is -2.17. The van der Waals surface area contributed by atoms with Gasteiger partial charge in [-0.2, -0.15) is 0 Å². The van der Waals surface area contributed by atoms with Gasteiger partial charge < -0.3 is 10.1 Å².